The van der Waals surface area contributed by atoms with Gasteiger partial charge in [-0.3, -0.25) is 0 Å². The summed E-state index contributed by atoms with van der Waals surface area (Å²) in [6.45, 7) is 1.55. The van der Waals surface area contributed by atoms with Crippen LogP contribution in [-0.2, 0) is 19.7 Å². The number of hydrogen-bond acceptors (Lipinski definition) is 3. The van der Waals surface area contributed by atoms with Crippen molar-refractivity contribution in [3.8, 4) is 5.69 Å². The Hall–Kier alpha value is -2.43. The van der Waals surface area contributed by atoms with Crippen LogP contribution >= 0.6 is 0 Å². The van der Waals surface area contributed by atoms with Gasteiger partial charge in [-0.2, -0.15) is 5.10 Å². The van der Waals surface area contributed by atoms with Gasteiger partial charge in [0.05, 0.1) is 18.5 Å². The van der Waals surface area contributed by atoms with Crippen LogP contribution in [0.25, 0.3) is 5.69 Å². The summed E-state index contributed by atoms with van der Waals surface area (Å²) in [7, 11) is 0. The summed E-state index contributed by atoms with van der Waals surface area (Å²) in [4.78, 5) is 0. The molecule has 0 saturated carbocycles. The average Bonchev–Trinajstić information content (AvgIpc) is 3.05. The molecular formula is C18H19N3O. The zero-order valence-electron chi connectivity index (χ0n) is 12.3. The molecule has 0 aliphatic carbocycles. The molecule has 3 rings (SSSR count). The third kappa shape index (κ3) is 3.42. The van der Waals surface area contributed by atoms with E-state index in [9.17, 15) is 5.11 Å². The normalized spacial score (nSPS) is 10.8. The number of nitrogens with zero attached hydrogens (tertiary/aromatic N) is 2. The highest BCUT2D eigenvalue weighted by Gasteiger charge is 2.02. The molecule has 0 aliphatic heterocycles. The lowest BCUT2D eigenvalue weighted by molar-refractivity contribution is 0.280. The highest BCUT2D eigenvalue weighted by Crippen LogP contribution is 2.10. The first-order valence-corrected chi connectivity index (χ1v) is 7.34. The monoisotopic (exact) mass is 293 g/mol. The lowest BCUT2D eigenvalue weighted by atomic mass is 10.1. The molecule has 0 fully saturated rings. The number of rotatable bonds is 6. The fraction of sp³-hybridized carbons (Fsp3) is 0.167. The van der Waals surface area contributed by atoms with Crippen LogP contribution in [0, 0.1) is 0 Å². The minimum absolute atomic E-state index is 0.0732. The van der Waals surface area contributed by atoms with Gasteiger partial charge in [-0.05, 0) is 23.3 Å². The predicted molar refractivity (Wildman–Crippen MR) is 86.5 cm³/mol. The van der Waals surface area contributed by atoms with Crippen molar-refractivity contribution >= 4 is 0 Å². The maximum Gasteiger partial charge on any atom is 0.0685 e. The van der Waals surface area contributed by atoms with Crippen molar-refractivity contribution in [2.75, 3.05) is 0 Å². The van der Waals surface area contributed by atoms with E-state index in [2.05, 4.69) is 10.4 Å². The molecule has 1 heterocycles. The first-order chi connectivity index (χ1) is 10.9. The first-order valence-electron chi connectivity index (χ1n) is 7.34. The van der Waals surface area contributed by atoms with E-state index in [4.69, 9.17) is 0 Å². The smallest absolute Gasteiger partial charge is 0.0685 e. The molecule has 0 radical (unpaired) electrons. The molecule has 2 aromatic carbocycles. The van der Waals surface area contributed by atoms with E-state index in [0.717, 1.165) is 35.5 Å². The molecule has 4 heteroatoms. The largest absolute Gasteiger partial charge is 0.392 e. The van der Waals surface area contributed by atoms with E-state index < -0.39 is 0 Å². The number of benzene rings is 2. The molecule has 0 atom stereocenters. The summed E-state index contributed by atoms with van der Waals surface area (Å²) in [6, 6.07) is 18.0. The third-order valence-electron chi connectivity index (χ3n) is 3.59. The van der Waals surface area contributed by atoms with Gasteiger partial charge in [0.1, 0.15) is 0 Å². The van der Waals surface area contributed by atoms with Crippen LogP contribution in [-0.4, -0.2) is 14.9 Å². The lowest BCUT2D eigenvalue weighted by Crippen LogP contribution is -2.13. The second-order valence-corrected chi connectivity index (χ2v) is 5.16. The average molecular weight is 293 g/mol. The van der Waals surface area contributed by atoms with E-state index in [1.807, 2.05) is 71.7 Å². The van der Waals surface area contributed by atoms with E-state index in [1.54, 1.807) is 0 Å². The summed E-state index contributed by atoms with van der Waals surface area (Å²) in [6.07, 6.45) is 3.90. The van der Waals surface area contributed by atoms with E-state index in [1.165, 1.54) is 0 Å². The SMILES string of the molecule is OCc1ccccc1CNCc1cnn(-c2ccccc2)c1. The van der Waals surface area contributed by atoms with Crippen molar-refractivity contribution in [3.63, 3.8) is 0 Å². The van der Waals surface area contributed by atoms with Crippen molar-refractivity contribution in [2.45, 2.75) is 19.7 Å². The molecule has 0 bridgehead atoms. The Morgan fingerprint density at radius 3 is 2.41 bits per heavy atom. The number of aliphatic hydroxyl groups is 1. The summed E-state index contributed by atoms with van der Waals surface area (Å²) >= 11 is 0. The molecule has 1 aromatic heterocycles. The Balaban J connectivity index is 1.60. The standard InChI is InChI=1S/C18H19N3O/c22-14-17-7-5-4-6-16(17)12-19-10-15-11-20-21(13-15)18-8-2-1-3-9-18/h1-9,11,13,19,22H,10,12,14H2. The van der Waals surface area contributed by atoms with Gasteiger partial charge in [-0.15, -0.1) is 0 Å². The number of aliphatic hydroxyl groups excluding tert-OH is 1. The minimum Gasteiger partial charge on any atom is -0.392 e. The van der Waals surface area contributed by atoms with Crippen LogP contribution < -0.4 is 5.32 Å². The molecule has 112 valence electrons. The summed E-state index contributed by atoms with van der Waals surface area (Å²) in [5.41, 5.74) is 4.28. The van der Waals surface area contributed by atoms with Gasteiger partial charge >= 0.3 is 0 Å². The Bertz CT molecular complexity index is 722. The first kappa shape index (κ1) is 14.5. The quantitative estimate of drug-likeness (QED) is 0.734. The summed E-state index contributed by atoms with van der Waals surface area (Å²) in [5.74, 6) is 0. The zero-order valence-corrected chi connectivity index (χ0v) is 12.3. The maximum atomic E-state index is 9.32. The molecule has 0 spiro atoms. The predicted octanol–water partition coefficient (Wildman–Crippen LogP) is 2.65. The van der Waals surface area contributed by atoms with Crippen molar-refractivity contribution in [3.05, 3.63) is 83.7 Å². The number of hydrogen-bond donors (Lipinski definition) is 2. The third-order valence-corrected chi connectivity index (χ3v) is 3.59. The minimum atomic E-state index is 0.0732. The Kier molecular flexibility index (Phi) is 4.63. The Morgan fingerprint density at radius 2 is 1.64 bits per heavy atom. The molecule has 0 aliphatic rings. The highest BCUT2D eigenvalue weighted by molar-refractivity contribution is 5.31. The van der Waals surface area contributed by atoms with Crippen LogP contribution in [0.4, 0.5) is 0 Å². The fourth-order valence-corrected chi connectivity index (χ4v) is 2.40. The van der Waals surface area contributed by atoms with Crippen LogP contribution in [0.3, 0.4) is 0 Å². The van der Waals surface area contributed by atoms with Crippen molar-refractivity contribution < 1.29 is 5.11 Å². The van der Waals surface area contributed by atoms with Gasteiger partial charge in [0.2, 0.25) is 0 Å². The van der Waals surface area contributed by atoms with Crippen LogP contribution in [0.5, 0.6) is 0 Å². The number of aromatic nitrogens is 2. The molecule has 0 unspecified atom stereocenters. The van der Waals surface area contributed by atoms with Gasteiger partial charge in [0.25, 0.3) is 0 Å². The topological polar surface area (TPSA) is 50.1 Å². The summed E-state index contributed by atoms with van der Waals surface area (Å²) < 4.78 is 1.87. The van der Waals surface area contributed by atoms with Gasteiger partial charge in [0, 0.05) is 24.8 Å². The Labute approximate surface area is 130 Å². The van der Waals surface area contributed by atoms with Gasteiger partial charge < -0.3 is 10.4 Å². The summed E-state index contributed by atoms with van der Waals surface area (Å²) in [5, 5.41) is 17.1. The molecule has 2 N–H and O–H groups in total. The van der Waals surface area contributed by atoms with E-state index in [-0.39, 0.29) is 6.61 Å². The molecular weight excluding hydrogens is 274 g/mol. The molecule has 22 heavy (non-hydrogen) atoms. The van der Waals surface area contributed by atoms with E-state index in [0.29, 0.717) is 0 Å². The van der Waals surface area contributed by atoms with E-state index >= 15 is 0 Å². The number of nitrogens with one attached hydrogen (secondary N) is 1. The highest BCUT2D eigenvalue weighted by atomic mass is 16.3. The molecule has 0 amide bonds. The van der Waals surface area contributed by atoms with Gasteiger partial charge in [0.15, 0.2) is 0 Å². The van der Waals surface area contributed by atoms with Gasteiger partial charge in [-0.1, -0.05) is 42.5 Å². The van der Waals surface area contributed by atoms with Crippen LogP contribution in [0.2, 0.25) is 0 Å². The zero-order chi connectivity index (χ0) is 15.2. The van der Waals surface area contributed by atoms with Crippen LogP contribution in [0.15, 0.2) is 67.0 Å². The lowest BCUT2D eigenvalue weighted by Gasteiger charge is -2.07. The molecule has 3 aromatic rings. The Morgan fingerprint density at radius 1 is 0.909 bits per heavy atom. The van der Waals surface area contributed by atoms with Crippen LogP contribution in [0.1, 0.15) is 16.7 Å². The van der Waals surface area contributed by atoms with Crippen molar-refractivity contribution in [2.24, 2.45) is 0 Å². The second kappa shape index (κ2) is 7.02. The maximum absolute atomic E-state index is 9.32. The molecule has 4 nitrogen and oxygen atoms in total. The van der Waals surface area contributed by atoms with Crippen molar-refractivity contribution in [1.29, 1.82) is 0 Å². The van der Waals surface area contributed by atoms with Crippen molar-refractivity contribution in [1.82, 2.24) is 15.1 Å². The fourth-order valence-electron chi connectivity index (χ4n) is 2.40. The molecule has 0 saturated heterocycles. The van der Waals surface area contributed by atoms with Gasteiger partial charge in [-0.25, -0.2) is 4.68 Å². The second-order valence-electron chi connectivity index (χ2n) is 5.16. The number of para-hydroxylation sites is 1.